The van der Waals surface area contributed by atoms with Crippen molar-refractivity contribution in [3.8, 4) is 5.69 Å². The number of hydrogen-bond acceptors (Lipinski definition) is 2. The molecule has 0 unspecified atom stereocenters. The molecule has 2 aromatic rings. The van der Waals surface area contributed by atoms with E-state index in [0.29, 0.717) is 5.69 Å². The Morgan fingerprint density at radius 1 is 1.41 bits per heavy atom. The first-order valence-electron chi connectivity index (χ1n) is 5.25. The van der Waals surface area contributed by atoms with Crippen LogP contribution in [0.5, 0.6) is 0 Å². The van der Waals surface area contributed by atoms with Gasteiger partial charge in [0.05, 0.1) is 15.9 Å². The summed E-state index contributed by atoms with van der Waals surface area (Å²) in [6, 6.07) is 4.88. The second kappa shape index (κ2) is 4.58. The van der Waals surface area contributed by atoms with Crippen LogP contribution >= 0.6 is 15.9 Å². The molecule has 0 aliphatic carbocycles. The second-order valence-electron chi connectivity index (χ2n) is 3.85. The number of halogens is 2. The van der Waals surface area contributed by atoms with E-state index < -0.39 is 0 Å². The fourth-order valence-corrected chi connectivity index (χ4v) is 2.05. The molecule has 5 heteroatoms. The first-order chi connectivity index (χ1) is 8.06. The third kappa shape index (κ3) is 2.00. The van der Waals surface area contributed by atoms with E-state index in [4.69, 9.17) is 5.73 Å². The minimum absolute atomic E-state index is 0.281. The van der Waals surface area contributed by atoms with Crippen LogP contribution in [0.15, 0.2) is 22.7 Å². The van der Waals surface area contributed by atoms with Crippen molar-refractivity contribution < 1.29 is 4.39 Å². The Balaban J connectivity index is 2.72. The summed E-state index contributed by atoms with van der Waals surface area (Å²) in [5, 5.41) is 4.32. The first kappa shape index (κ1) is 12.3. The summed E-state index contributed by atoms with van der Waals surface area (Å²) >= 11 is 3.43. The zero-order chi connectivity index (χ0) is 12.6. The molecular formula is C12H13BrFN3. The third-order valence-corrected chi connectivity index (χ3v) is 3.85. The van der Waals surface area contributed by atoms with Gasteiger partial charge in [-0.2, -0.15) is 5.10 Å². The number of aryl methyl sites for hydroxylation is 1. The lowest BCUT2D eigenvalue weighted by molar-refractivity contribution is 0.604. The van der Waals surface area contributed by atoms with Crippen LogP contribution in [0.3, 0.4) is 0 Å². The van der Waals surface area contributed by atoms with Gasteiger partial charge in [0.1, 0.15) is 11.5 Å². The molecule has 2 N–H and O–H groups in total. The number of nitrogens with two attached hydrogens (primary N) is 1. The molecule has 0 saturated heterocycles. The van der Waals surface area contributed by atoms with Gasteiger partial charge in [0.25, 0.3) is 0 Å². The molecule has 90 valence electrons. The molecule has 0 fully saturated rings. The number of hydrogen-bond donors (Lipinski definition) is 1. The van der Waals surface area contributed by atoms with Crippen LogP contribution in [0.2, 0.25) is 0 Å². The summed E-state index contributed by atoms with van der Waals surface area (Å²) in [6.45, 7) is 4.04. The monoisotopic (exact) mass is 297 g/mol. The minimum Gasteiger partial charge on any atom is -0.326 e. The molecule has 17 heavy (non-hydrogen) atoms. The number of rotatable bonds is 2. The van der Waals surface area contributed by atoms with Gasteiger partial charge in [-0.25, -0.2) is 9.07 Å². The highest BCUT2D eigenvalue weighted by molar-refractivity contribution is 9.10. The molecule has 2 rings (SSSR count). The van der Waals surface area contributed by atoms with Crippen molar-refractivity contribution in [1.29, 1.82) is 0 Å². The Bertz CT molecular complexity index is 563. The molecule has 3 nitrogen and oxygen atoms in total. The Labute approximate surface area is 108 Å². The van der Waals surface area contributed by atoms with Crippen molar-refractivity contribution in [1.82, 2.24) is 9.78 Å². The smallest absolute Gasteiger partial charge is 0.149 e. The predicted octanol–water partition coefficient (Wildman–Crippen LogP) is 2.85. The largest absolute Gasteiger partial charge is 0.326 e. The molecule has 1 aromatic carbocycles. The highest BCUT2D eigenvalue weighted by Gasteiger charge is 2.16. The van der Waals surface area contributed by atoms with Crippen LogP contribution in [-0.4, -0.2) is 9.78 Å². The van der Waals surface area contributed by atoms with E-state index >= 15 is 0 Å². The highest BCUT2D eigenvalue weighted by Crippen LogP contribution is 2.26. The molecular weight excluding hydrogens is 285 g/mol. The quantitative estimate of drug-likeness (QED) is 0.926. The predicted molar refractivity (Wildman–Crippen MR) is 68.6 cm³/mol. The topological polar surface area (TPSA) is 43.8 Å². The molecule has 0 radical (unpaired) electrons. The van der Waals surface area contributed by atoms with Crippen molar-refractivity contribution in [2.24, 2.45) is 5.73 Å². The van der Waals surface area contributed by atoms with Gasteiger partial charge in [-0.15, -0.1) is 0 Å². The van der Waals surface area contributed by atoms with Gasteiger partial charge >= 0.3 is 0 Å². The average molecular weight is 298 g/mol. The molecule has 0 spiro atoms. The van der Waals surface area contributed by atoms with Crippen LogP contribution in [0.25, 0.3) is 5.69 Å². The summed E-state index contributed by atoms with van der Waals surface area (Å²) < 4.78 is 16.4. The van der Waals surface area contributed by atoms with Crippen molar-refractivity contribution in [2.75, 3.05) is 0 Å². The van der Waals surface area contributed by atoms with Gasteiger partial charge in [-0.3, -0.25) is 0 Å². The zero-order valence-electron chi connectivity index (χ0n) is 9.67. The van der Waals surface area contributed by atoms with E-state index in [1.165, 1.54) is 6.07 Å². The zero-order valence-corrected chi connectivity index (χ0v) is 11.3. The molecule has 0 saturated carbocycles. The third-order valence-electron chi connectivity index (χ3n) is 2.71. The van der Waals surface area contributed by atoms with Crippen molar-refractivity contribution in [3.05, 3.63) is 45.4 Å². The van der Waals surface area contributed by atoms with E-state index in [2.05, 4.69) is 21.0 Å². The maximum absolute atomic E-state index is 13.9. The van der Waals surface area contributed by atoms with Gasteiger partial charge in [0, 0.05) is 6.54 Å². The van der Waals surface area contributed by atoms with E-state index in [-0.39, 0.29) is 12.4 Å². The van der Waals surface area contributed by atoms with Crippen LogP contribution in [0.4, 0.5) is 4.39 Å². The highest BCUT2D eigenvalue weighted by atomic mass is 79.9. The van der Waals surface area contributed by atoms with Gasteiger partial charge in [-0.1, -0.05) is 12.1 Å². The summed E-state index contributed by atoms with van der Waals surface area (Å²) in [6.07, 6.45) is 0. The minimum atomic E-state index is -0.314. The number of aromatic nitrogens is 2. The molecule has 0 atom stereocenters. The Hall–Kier alpha value is -1.20. The molecule has 0 aliphatic rings. The fourth-order valence-electron chi connectivity index (χ4n) is 1.80. The fraction of sp³-hybridized carbons (Fsp3) is 0.250. The van der Waals surface area contributed by atoms with Gasteiger partial charge in [-0.05, 0) is 41.4 Å². The molecule has 1 heterocycles. The van der Waals surface area contributed by atoms with Gasteiger partial charge in [0.15, 0.2) is 0 Å². The van der Waals surface area contributed by atoms with E-state index in [0.717, 1.165) is 21.4 Å². The van der Waals surface area contributed by atoms with E-state index in [1.807, 2.05) is 19.9 Å². The van der Waals surface area contributed by atoms with Crippen molar-refractivity contribution in [3.63, 3.8) is 0 Å². The molecule has 0 amide bonds. The maximum Gasteiger partial charge on any atom is 0.149 e. The van der Waals surface area contributed by atoms with Gasteiger partial charge < -0.3 is 5.73 Å². The van der Waals surface area contributed by atoms with Crippen LogP contribution in [0.1, 0.15) is 17.0 Å². The first-order valence-corrected chi connectivity index (χ1v) is 6.05. The molecule has 1 aromatic heterocycles. The Morgan fingerprint density at radius 2 is 2.12 bits per heavy atom. The normalized spacial score (nSPS) is 10.9. The lowest BCUT2D eigenvalue weighted by atomic mass is 10.1. The van der Waals surface area contributed by atoms with Crippen LogP contribution in [0, 0.1) is 19.7 Å². The average Bonchev–Trinajstić information content (AvgIpc) is 2.56. The number of para-hydroxylation sites is 1. The lowest BCUT2D eigenvalue weighted by Crippen LogP contribution is -2.09. The molecule has 0 bridgehead atoms. The van der Waals surface area contributed by atoms with Crippen LogP contribution < -0.4 is 5.73 Å². The van der Waals surface area contributed by atoms with E-state index in [1.54, 1.807) is 10.7 Å². The maximum atomic E-state index is 13.9. The molecule has 0 aliphatic heterocycles. The summed E-state index contributed by atoms with van der Waals surface area (Å²) in [4.78, 5) is 0. The van der Waals surface area contributed by atoms with Gasteiger partial charge in [0.2, 0.25) is 0 Å². The second-order valence-corrected chi connectivity index (χ2v) is 4.64. The van der Waals surface area contributed by atoms with E-state index in [9.17, 15) is 4.39 Å². The Morgan fingerprint density at radius 3 is 2.65 bits per heavy atom. The number of benzene rings is 1. The summed E-state index contributed by atoms with van der Waals surface area (Å²) in [5.74, 6) is -0.314. The standard InChI is InChI=1S/C12H13BrFN3/c1-7-11(13)8(2)17(16-7)12-9(6-15)4-3-5-10(12)14/h3-5H,6,15H2,1-2H3. The van der Waals surface area contributed by atoms with Crippen molar-refractivity contribution in [2.45, 2.75) is 20.4 Å². The summed E-state index contributed by atoms with van der Waals surface area (Å²) in [5.41, 5.74) is 8.49. The summed E-state index contributed by atoms with van der Waals surface area (Å²) in [7, 11) is 0. The lowest BCUT2D eigenvalue weighted by Gasteiger charge is -2.10. The van der Waals surface area contributed by atoms with Crippen molar-refractivity contribution >= 4 is 15.9 Å². The number of nitrogens with zero attached hydrogens (tertiary/aromatic N) is 2. The SMILES string of the molecule is Cc1nn(-c2c(F)cccc2CN)c(C)c1Br. The Kier molecular flexibility index (Phi) is 3.31. The van der Waals surface area contributed by atoms with Crippen LogP contribution in [-0.2, 0) is 6.54 Å².